The van der Waals surface area contributed by atoms with E-state index in [4.69, 9.17) is 5.11 Å². The maximum Gasteiger partial charge on any atom is 0.332 e. The van der Waals surface area contributed by atoms with Gasteiger partial charge in [-0.15, -0.1) is 0 Å². The minimum absolute atomic E-state index is 0.579. The van der Waals surface area contributed by atoms with Gasteiger partial charge in [0.2, 0.25) is 0 Å². The fourth-order valence-electron chi connectivity index (χ4n) is 2.30. The van der Waals surface area contributed by atoms with Crippen molar-refractivity contribution in [3.05, 3.63) is 12.7 Å². The second kappa shape index (κ2) is 5.81. The molecule has 0 radical (unpaired) electrons. The van der Waals surface area contributed by atoms with Gasteiger partial charge >= 0.3 is 5.97 Å². The van der Waals surface area contributed by atoms with E-state index in [9.17, 15) is 4.79 Å². The highest BCUT2D eigenvalue weighted by molar-refractivity contribution is 5.81. The molecule has 1 N–H and O–H groups in total. The first-order valence-electron chi connectivity index (χ1n) is 5.16. The molecule has 3 heteroatoms. The summed E-state index contributed by atoms with van der Waals surface area (Å²) < 4.78 is 3.99. The Hall–Kier alpha value is -0.830. The van der Waals surface area contributed by atoms with E-state index in [1.54, 1.807) is 32.1 Å². The van der Waals surface area contributed by atoms with Gasteiger partial charge in [-0.3, -0.25) is 0 Å². The molecule has 0 heterocycles. The number of ether oxygens (including phenoxy) is 1. The van der Waals surface area contributed by atoms with Gasteiger partial charge in [-0.05, 0) is 18.3 Å². The van der Waals surface area contributed by atoms with E-state index in [-0.39, 0.29) is 0 Å². The highest BCUT2D eigenvalue weighted by atomic mass is 16.6. The van der Waals surface area contributed by atoms with E-state index in [0.717, 1.165) is 6.08 Å². The van der Waals surface area contributed by atoms with Crippen LogP contribution in [-0.2, 0) is 9.53 Å². The van der Waals surface area contributed by atoms with Crippen molar-refractivity contribution in [3.63, 3.8) is 0 Å². The smallest absolute Gasteiger partial charge is 0.332 e. The van der Waals surface area contributed by atoms with Crippen LogP contribution in [0.15, 0.2) is 12.7 Å². The molecule has 14 heavy (non-hydrogen) atoms. The third kappa shape index (κ3) is 3.50. The summed E-state index contributed by atoms with van der Waals surface area (Å²) in [4.78, 5) is 9.91. The van der Waals surface area contributed by atoms with E-state index in [1.807, 2.05) is 0 Å². The molecule has 0 atom stereocenters. The zero-order chi connectivity index (χ0) is 10.4. The fourth-order valence-corrected chi connectivity index (χ4v) is 2.30. The summed E-state index contributed by atoms with van der Waals surface area (Å²) in [6.45, 7) is 2.52. The largest absolute Gasteiger partial charge is 0.436 e. The van der Waals surface area contributed by atoms with E-state index in [0.29, 0.717) is 0 Å². The molecule has 0 aliphatic heterocycles. The number of hydrogen-bond donors (Lipinski definition) is 1. The number of fused-ring (bicyclic) bond motifs is 2. The first-order valence-corrected chi connectivity index (χ1v) is 5.16. The van der Waals surface area contributed by atoms with Crippen LogP contribution in [0, 0.1) is 11.8 Å². The molecule has 0 aromatic rings. The second-order valence-electron chi connectivity index (χ2n) is 3.92. The summed E-state index contributed by atoms with van der Waals surface area (Å²) >= 11 is 0. The van der Waals surface area contributed by atoms with E-state index in [1.165, 1.54) is 11.8 Å². The van der Waals surface area contributed by atoms with E-state index < -0.39 is 12.8 Å². The van der Waals surface area contributed by atoms with Gasteiger partial charge < -0.3 is 9.84 Å². The molecule has 0 saturated heterocycles. The molecule has 2 rings (SSSR count). The fraction of sp³-hybridized carbons (Fsp3) is 0.727. The molecule has 2 aliphatic rings. The second-order valence-corrected chi connectivity index (χ2v) is 3.92. The number of carbonyl (C=O) groups is 1. The van der Waals surface area contributed by atoms with Crippen molar-refractivity contribution < 1.29 is 14.6 Å². The Balaban J connectivity index is 0.000000140. The molecule has 0 aromatic carbocycles. The molecule has 3 nitrogen and oxygen atoms in total. The first kappa shape index (κ1) is 11.2. The predicted molar refractivity (Wildman–Crippen MR) is 53.4 cm³/mol. The first-order chi connectivity index (χ1) is 6.76. The number of carbonyl (C=O) groups excluding carboxylic acids is 1. The molecule has 0 aromatic heterocycles. The van der Waals surface area contributed by atoms with Crippen LogP contribution in [-0.4, -0.2) is 17.9 Å². The van der Waals surface area contributed by atoms with E-state index >= 15 is 0 Å². The average Bonchev–Trinajstić information content (AvgIpc) is 2.82. The molecule has 2 aliphatic carbocycles. The van der Waals surface area contributed by atoms with Crippen LogP contribution in [0.1, 0.15) is 32.1 Å². The number of hydrogen-bond acceptors (Lipinski definition) is 3. The highest BCUT2D eigenvalue weighted by Gasteiger charge is 2.30. The maximum absolute atomic E-state index is 9.91. The lowest BCUT2D eigenvalue weighted by Gasteiger charge is -2.05. The van der Waals surface area contributed by atoms with Crippen molar-refractivity contribution in [1.29, 1.82) is 0 Å². The van der Waals surface area contributed by atoms with Gasteiger partial charge in [0.25, 0.3) is 0 Å². The number of aliphatic hydroxyl groups excluding tert-OH is 1. The van der Waals surface area contributed by atoms with Crippen molar-refractivity contribution >= 4 is 5.97 Å². The predicted octanol–water partition coefficient (Wildman–Crippen LogP) is 1.86. The van der Waals surface area contributed by atoms with Gasteiger partial charge in [-0.2, -0.15) is 0 Å². The lowest BCUT2D eigenvalue weighted by Crippen LogP contribution is -1.99. The van der Waals surface area contributed by atoms with Crippen molar-refractivity contribution in [2.75, 3.05) is 6.79 Å². The van der Waals surface area contributed by atoms with Gasteiger partial charge in [0.15, 0.2) is 6.79 Å². The number of aliphatic hydroxyl groups is 1. The zero-order valence-corrected chi connectivity index (χ0v) is 8.45. The van der Waals surface area contributed by atoms with Crippen molar-refractivity contribution in [1.82, 2.24) is 0 Å². The Kier molecular flexibility index (Phi) is 4.66. The summed E-state index contributed by atoms with van der Waals surface area (Å²) in [5, 5.41) is 7.88. The van der Waals surface area contributed by atoms with Crippen LogP contribution in [0.3, 0.4) is 0 Å². The van der Waals surface area contributed by atoms with Gasteiger partial charge in [-0.25, -0.2) is 4.79 Å². The van der Waals surface area contributed by atoms with Gasteiger partial charge in [0.05, 0.1) is 0 Å². The zero-order valence-electron chi connectivity index (χ0n) is 8.45. The van der Waals surface area contributed by atoms with Crippen LogP contribution in [0.2, 0.25) is 0 Å². The Bertz CT molecular complexity index is 183. The summed E-state index contributed by atoms with van der Waals surface area (Å²) in [7, 11) is 0. The Morgan fingerprint density at radius 3 is 2.00 bits per heavy atom. The Morgan fingerprint density at radius 2 is 1.86 bits per heavy atom. The highest BCUT2D eigenvalue weighted by Crippen LogP contribution is 2.43. The minimum Gasteiger partial charge on any atom is -0.436 e. The normalized spacial score (nSPS) is 27.8. The molecule has 2 bridgehead atoms. The van der Waals surface area contributed by atoms with Crippen LogP contribution < -0.4 is 0 Å². The van der Waals surface area contributed by atoms with Gasteiger partial charge in [0.1, 0.15) is 0 Å². The molecule has 2 fully saturated rings. The van der Waals surface area contributed by atoms with Crippen molar-refractivity contribution in [3.8, 4) is 0 Å². The average molecular weight is 198 g/mol. The molecular formula is C11H18O3. The molecule has 0 spiro atoms. The topological polar surface area (TPSA) is 46.5 Å². The minimum atomic E-state index is -0.609. The third-order valence-corrected chi connectivity index (χ3v) is 3.01. The molecule has 0 amide bonds. The van der Waals surface area contributed by atoms with Gasteiger partial charge in [0, 0.05) is 6.08 Å². The molecule has 0 unspecified atom stereocenters. The third-order valence-electron chi connectivity index (χ3n) is 3.01. The van der Waals surface area contributed by atoms with Crippen molar-refractivity contribution in [2.45, 2.75) is 32.1 Å². The molecule has 2 saturated carbocycles. The standard InChI is InChI=1S/C7H12.C4H6O3/c1-2-7-4-3-6(1)5-7;1-2-4(6)7-3-5/h6-7H,1-5H2;2,5H,1,3H2. The summed E-state index contributed by atoms with van der Waals surface area (Å²) in [5.74, 6) is 1.73. The SMILES string of the molecule is C1CC2CCC1C2.C=CC(=O)OCO. The van der Waals surface area contributed by atoms with Crippen LogP contribution in [0.5, 0.6) is 0 Å². The summed E-state index contributed by atoms with van der Waals surface area (Å²) in [5.41, 5.74) is 0. The lowest BCUT2D eigenvalue weighted by molar-refractivity contribution is -0.145. The van der Waals surface area contributed by atoms with Gasteiger partial charge in [-0.1, -0.05) is 32.3 Å². The number of esters is 1. The molecular weight excluding hydrogens is 180 g/mol. The number of rotatable bonds is 2. The van der Waals surface area contributed by atoms with Crippen LogP contribution >= 0.6 is 0 Å². The Morgan fingerprint density at radius 1 is 1.36 bits per heavy atom. The van der Waals surface area contributed by atoms with Crippen LogP contribution in [0.4, 0.5) is 0 Å². The summed E-state index contributed by atoms with van der Waals surface area (Å²) in [6, 6.07) is 0. The summed E-state index contributed by atoms with van der Waals surface area (Å²) in [6.07, 6.45) is 8.81. The molecule has 80 valence electrons. The van der Waals surface area contributed by atoms with Crippen molar-refractivity contribution in [2.24, 2.45) is 11.8 Å². The quantitative estimate of drug-likeness (QED) is 0.418. The monoisotopic (exact) mass is 198 g/mol. The van der Waals surface area contributed by atoms with Crippen LogP contribution in [0.25, 0.3) is 0 Å². The van der Waals surface area contributed by atoms with E-state index in [2.05, 4.69) is 11.3 Å². The Labute approximate surface area is 84.8 Å². The maximum atomic E-state index is 9.91. The lowest BCUT2D eigenvalue weighted by atomic mass is 10.0.